The third-order valence-corrected chi connectivity index (χ3v) is 4.93. The van der Waals surface area contributed by atoms with Gasteiger partial charge in [0.25, 0.3) is 0 Å². The molecule has 1 N–H and O–H groups in total. The molecule has 2 rings (SSSR count). The number of nitrogens with zero attached hydrogens (tertiary/aromatic N) is 2. The lowest BCUT2D eigenvalue weighted by Gasteiger charge is -2.36. The molecule has 0 radical (unpaired) electrons. The number of hydrogen-bond donors (Lipinski definition) is 1. The number of hydrogen-bond acceptors (Lipinski definition) is 4. The van der Waals surface area contributed by atoms with E-state index in [-0.39, 0.29) is 24.4 Å². The number of anilines is 1. The van der Waals surface area contributed by atoms with Crippen LogP contribution in [0.4, 0.5) is 10.5 Å². The molecule has 1 fully saturated rings. The van der Waals surface area contributed by atoms with Crippen molar-refractivity contribution in [3.05, 3.63) is 24.3 Å². The van der Waals surface area contributed by atoms with Crippen LogP contribution in [-0.4, -0.2) is 67.4 Å². The second kappa shape index (κ2) is 9.68. The third-order valence-electron chi connectivity index (χ3n) is 4.20. The first kappa shape index (κ1) is 19.6. The van der Waals surface area contributed by atoms with E-state index in [1.807, 2.05) is 37.4 Å². The average Bonchev–Trinajstić information content (AvgIpc) is 2.62. The van der Waals surface area contributed by atoms with E-state index in [0.717, 1.165) is 23.5 Å². The van der Waals surface area contributed by atoms with Gasteiger partial charge >= 0.3 is 6.03 Å². The van der Waals surface area contributed by atoms with Crippen molar-refractivity contribution in [2.24, 2.45) is 0 Å². The fourth-order valence-electron chi connectivity index (χ4n) is 2.80. The lowest BCUT2D eigenvalue weighted by molar-refractivity contribution is -0.132. The number of benzene rings is 1. The number of urea groups is 1. The summed E-state index contributed by atoms with van der Waals surface area (Å²) in [4.78, 5) is 29.5. The maximum absolute atomic E-state index is 12.7. The van der Waals surface area contributed by atoms with Crippen molar-refractivity contribution in [3.63, 3.8) is 0 Å². The van der Waals surface area contributed by atoms with Gasteiger partial charge in [0.1, 0.15) is 0 Å². The first-order valence-corrected chi connectivity index (χ1v) is 9.81. The molecule has 0 bridgehead atoms. The van der Waals surface area contributed by atoms with E-state index in [2.05, 4.69) is 5.32 Å². The molecule has 1 aromatic rings. The zero-order valence-electron chi connectivity index (χ0n) is 15.2. The lowest BCUT2D eigenvalue weighted by atomic mass is 10.1. The van der Waals surface area contributed by atoms with Gasteiger partial charge in [0.2, 0.25) is 5.91 Å². The smallest absolute Gasteiger partial charge is 0.322 e. The highest BCUT2D eigenvalue weighted by Gasteiger charge is 2.30. The molecule has 0 unspecified atom stereocenters. The van der Waals surface area contributed by atoms with Crippen molar-refractivity contribution >= 4 is 29.4 Å². The molecule has 25 heavy (non-hydrogen) atoms. The number of carbonyl (C=O) groups is 2. The van der Waals surface area contributed by atoms with E-state index in [1.54, 1.807) is 28.6 Å². The Hall–Kier alpha value is -1.73. The average molecular weight is 365 g/mol. The zero-order chi connectivity index (χ0) is 18.2. The number of morpholine rings is 1. The fraction of sp³-hybridized carbons (Fsp3) is 0.556. The van der Waals surface area contributed by atoms with Gasteiger partial charge in [-0.1, -0.05) is 13.0 Å². The summed E-state index contributed by atoms with van der Waals surface area (Å²) >= 11 is 1.63. The Morgan fingerprint density at radius 2 is 2.24 bits per heavy atom. The van der Waals surface area contributed by atoms with Crippen LogP contribution in [0.2, 0.25) is 0 Å². The van der Waals surface area contributed by atoms with Crippen molar-refractivity contribution in [3.8, 4) is 0 Å². The van der Waals surface area contributed by atoms with Crippen LogP contribution in [0, 0.1) is 0 Å². The molecule has 1 aliphatic heterocycles. The van der Waals surface area contributed by atoms with Crippen molar-refractivity contribution < 1.29 is 14.3 Å². The van der Waals surface area contributed by atoms with Gasteiger partial charge in [-0.3, -0.25) is 4.79 Å². The molecule has 6 nitrogen and oxygen atoms in total. The highest BCUT2D eigenvalue weighted by atomic mass is 32.2. The van der Waals surface area contributed by atoms with Gasteiger partial charge in [-0.05, 0) is 30.9 Å². The minimum Gasteiger partial charge on any atom is -0.377 e. The van der Waals surface area contributed by atoms with Crippen molar-refractivity contribution in [2.45, 2.75) is 30.7 Å². The highest BCUT2D eigenvalue weighted by molar-refractivity contribution is 7.98. The summed E-state index contributed by atoms with van der Waals surface area (Å²) in [5, 5.41) is 2.94. The molecule has 1 heterocycles. The number of rotatable bonds is 6. The topological polar surface area (TPSA) is 61.9 Å². The monoisotopic (exact) mass is 365 g/mol. The van der Waals surface area contributed by atoms with Gasteiger partial charge in [-0.2, -0.15) is 0 Å². The summed E-state index contributed by atoms with van der Waals surface area (Å²) in [5.41, 5.74) is 0.761. The fourth-order valence-corrected chi connectivity index (χ4v) is 3.26. The summed E-state index contributed by atoms with van der Waals surface area (Å²) in [6.07, 6.45) is 3.20. The first-order chi connectivity index (χ1) is 12.0. The Labute approximate surface area is 153 Å². The van der Waals surface area contributed by atoms with Crippen LogP contribution < -0.4 is 5.32 Å². The van der Waals surface area contributed by atoms with Crippen LogP contribution in [0.3, 0.4) is 0 Å². The van der Waals surface area contributed by atoms with Crippen molar-refractivity contribution in [2.75, 3.05) is 44.9 Å². The predicted octanol–water partition coefficient (Wildman–Crippen LogP) is 2.90. The molecule has 0 aromatic heterocycles. The Bertz CT molecular complexity index is 597. The normalized spacial score (nSPS) is 17.2. The molecule has 0 spiro atoms. The van der Waals surface area contributed by atoms with Crippen LogP contribution in [0.25, 0.3) is 0 Å². The molecule has 7 heteroatoms. The van der Waals surface area contributed by atoms with Crippen LogP contribution in [0.5, 0.6) is 0 Å². The Balaban J connectivity index is 2.01. The molecular formula is C18H27N3O3S. The molecule has 3 amide bonds. The van der Waals surface area contributed by atoms with Gasteiger partial charge in [0.15, 0.2) is 0 Å². The van der Waals surface area contributed by atoms with Crippen LogP contribution in [0.15, 0.2) is 29.2 Å². The minimum absolute atomic E-state index is 0.0412. The maximum Gasteiger partial charge on any atom is 0.322 e. The van der Waals surface area contributed by atoms with E-state index in [9.17, 15) is 9.59 Å². The summed E-state index contributed by atoms with van der Waals surface area (Å²) in [5.74, 6) is 0.0412. The van der Waals surface area contributed by atoms with Gasteiger partial charge in [-0.15, -0.1) is 11.8 Å². The van der Waals surface area contributed by atoms with E-state index < -0.39 is 0 Å². The van der Waals surface area contributed by atoms with Crippen LogP contribution >= 0.6 is 11.8 Å². The largest absolute Gasteiger partial charge is 0.377 e. The van der Waals surface area contributed by atoms with Gasteiger partial charge in [-0.25, -0.2) is 4.79 Å². The summed E-state index contributed by atoms with van der Waals surface area (Å²) in [7, 11) is 1.80. The molecular weight excluding hydrogens is 338 g/mol. The van der Waals surface area contributed by atoms with Gasteiger partial charge in [0.05, 0.1) is 19.3 Å². The van der Waals surface area contributed by atoms with E-state index in [4.69, 9.17) is 4.74 Å². The minimum atomic E-state index is -0.232. The van der Waals surface area contributed by atoms with Gasteiger partial charge < -0.3 is 19.9 Å². The Morgan fingerprint density at radius 1 is 1.44 bits per heavy atom. The predicted molar refractivity (Wildman–Crippen MR) is 101 cm³/mol. The second-order valence-electron chi connectivity index (χ2n) is 6.10. The molecule has 1 aliphatic rings. The number of ether oxygens (including phenoxy) is 1. The standard InChI is InChI=1S/C18H27N3O3S/c1-4-8-20(2)17(22)12-15-13-24-10-9-21(15)18(23)19-14-6-5-7-16(11-14)25-3/h5-7,11,15H,4,8-10,12-13H2,1-3H3,(H,19,23)/t15-/m1/s1. The summed E-state index contributed by atoms with van der Waals surface area (Å²) in [6.45, 7) is 4.14. The Morgan fingerprint density at radius 3 is 2.96 bits per heavy atom. The van der Waals surface area contributed by atoms with Crippen molar-refractivity contribution in [1.29, 1.82) is 0 Å². The third kappa shape index (κ3) is 5.64. The van der Waals surface area contributed by atoms with Crippen molar-refractivity contribution in [1.82, 2.24) is 9.80 Å². The Kier molecular flexibility index (Phi) is 7.58. The van der Waals surface area contributed by atoms with E-state index in [0.29, 0.717) is 19.8 Å². The lowest BCUT2D eigenvalue weighted by Crippen LogP contribution is -2.52. The molecule has 0 aliphatic carbocycles. The number of carbonyl (C=O) groups excluding carboxylic acids is 2. The number of thioether (sulfide) groups is 1. The number of nitrogens with one attached hydrogen (secondary N) is 1. The first-order valence-electron chi connectivity index (χ1n) is 8.58. The van der Waals surface area contributed by atoms with E-state index in [1.165, 1.54) is 0 Å². The molecule has 1 atom stereocenters. The molecule has 1 aromatic carbocycles. The number of amides is 3. The maximum atomic E-state index is 12.7. The summed E-state index contributed by atoms with van der Waals surface area (Å²) < 4.78 is 5.49. The SMILES string of the molecule is CCCN(C)C(=O)C[C@@H]1COCCN1C(=O)Nc1cccc(SC)c1. The summed E-state index contributed by atoms with van der Waals surface area (Å²) in [6, 6.07) is 7.31. The van der Waals surface area contributed by atoms with Crippen LogP contribution in [0.1, 0.15) is 19.8 Å². The second-order valence-corrected chi connectivity index (χ2v) is 6.98. The van der Waals surface area contributed by atoms with Gasteiger partial charge in [0, 0.05) is 37.1 Å². The zero-order valence-corrected chi connectivity index (χ0v) is 16.0. The van der Waals surface area contributed by atoms with E-state index >= 15 is 0 Å². The quantitative estimate of drug-likeness (QED) is 0.788. The highest BCUT2D eigenvalue weighted by Crippen LogP contribution is 2.20. The molecule has 0 saturated carbocycles. The molecule has 1 saturated heterocycles. The van der Waals surface area contributed by atoms with Crippen LogP contribution in [-0.2, 0) is 9.53 Å². The molecule has 138 valence electrons.